The van der Waals surface area contributed by atoms with E-state index in [1.54, 1.807) is 4.90 Å². The van der Waals surface area contributed by atoms with E-state index in [1.807, 2.05) is 44.3 Å². The molecule has 1 atom stereocenters. The third kappa shape index (κ3) is 5.59. The van der Waals surface area contributed by atoms with Crippen LogP contribution >= 0.6 is 0 Å². The maximum Gasteiger partial charge on any atom is 0.410 e. The summed E-state index contributed by atoms with van der Waals surface area (Å²) in [7, 11) is 0. The number of hydrogen-bond acceptors (Lipinski definition) is 4. The Kier molecular flexibility index (Phi) is 6.60. The van der Waals surface area contributed by atoms with Crippen LogP contribution < -0.4 is 0 Å². The maximum atomic E-state index is 13.1. The van der Waals surface area contributed by atoms with Crippen LogP contribution in [0.1, 0.15) is 95.6 Å². The zero-order chi connectivity index (χ0) is 25.8. The van der Waals surface area contributed by atoms with Crippen LogP contribution in [-0.2, 0) is 4.74 Å². The molecule has 0 N–H and O–H groups in total. The van der Waals surface area contributed by atoms with E-state index in [2.05, 4.69) is 18.8 Å². The average Bonchev–Trinajstić information content (AvgIpc) is 3.15. The molecule has 2 aliphatic rings. The van der Waals surface area contributed by atoms with Crippen LogP contribution in [0.3, 0.4) is 0 Å². The number of nitrogens with zero attached hydrogens (tertiary/aromatic N) is 4. The molecule has 3 heterocycles. The summed E-state index contributed by atoms with van der Waals surface area (Å²) in [5, 5.41) is 4.87. The molecule has 2 aromatic heterocycles. The maximum absolute atomic E-state index is 13.1. The molecule has 9 heteroatoms. The van der Waals surface area contributed by atoms with E-state index in [0.29, 0.717) is 31.6 Å². The molecule has 2 aromatic rings. The monoisotopic (exact) mass is 494 g/mol. The normalized spacial score (nSPS) is 25.6. The number of carbonyl (C=O) groups is 1. The predicted molar refractivity (Wildman–Crippen MR) is 127 cm³/mol. The molecule has 6 nitrogen and oxygen atoms in total. The highest BCUT2D eigenvalue weighted by atomic mass is 19.4. The molecule has 1 unspecified atom stereocenters. The molecule has 4 rings (SSSR count). The Morgan fingerprint density at radius 1 is 1.11 bits per heavy atom. The highest BCUT2D eigenvalue weighted by Crippen LogP contribution is 2.45. The van der Waals surface area contributed by atoms with Gasteiger partial charge in [-0.05, 0) is 71.3 Å². The Labute approximate surface area is 205 Å². The summed E-state index contributed by atoms with van der Waals surface area (Å²) in [5.41, 5.74) is 2.68. The van der Waals surface area contributed by atoms with Crippen molar-refractivity contribution in [3.05, 3.63) is 29.2 Å². The minimum absolute atomic E-state index is 0.00100. The van der Waals surface area contributed by atoms with Gasteiger partial charge < -0.3 is 9.64 Å². The molecule has 194 valence electrons. The fourth-order valence-corrected chi connectivity index (χ4v) is 5.45. The van der Waals surface area contributed by atoms with Crippen LogP contribution in [0, 0.1) is 18.3 Å². The number of likely N-dealkylation sites (tertiary alicyclic amines) is 1. The lowest BCUT2D eigenvalue weighted by atomic mass is 9.71. The molecule has 1 aliphatic heterocycles. The van der Waals surface area contributed by atoms with Crippen molar-refractivity contribution in [3.63, 3.8) is 0 Å². The van der Waals surface area contributed by atoms with Crippen molar-refractivity contribution in [3.8, 4) is 0 Å². The minimum atomic E-state index is -4.12. The summed E-state index contributed by atoms with van der Waals surface area (Å²) in [4.78, 5) is 19.3. The molecule has 0 radical (unpaired) electrons. The van der Waals surface area contributed by atoms with Crippen LogP contribution in [0.5, 0.6) is 0 Å². The molecule has 1 saturated carbocycles. The van der Waals surface area contributed by atoms with E-state index in [-0.39, 0.29) is 36.2 Å². The smallest absolute Gasteiger partial charge is 0.410 e. The number of rotatable bonds is 2. The summed E-state index contributed by atoms with van der Waals surface area (Å²) in [6.07, 6.45) is -2.39. The van der Waals surface area contributed by atoms with Crippen molar-refractivity contribution >= 4 is 11.7 Å². The van der Waals surface area contributed by atoms with Crippen LogP contribution in [-0.4, -0.2) is 50.5 Å². The van der Waals surface area contributed by atoms with E-state index in [1.165, 1.54) is 0 Å². The topological polar surface area (TPSA) is 59.7 Å². The number of halogens is 3. The van der Waals surface area contributed by atoms with Gasteiger partial charge in [0.2, 0.25) is 0 Å². The summed E-state index contributed by atoms with van der Waals surface area (Å²) in [6.45, 7) is 13.1. The lowest BCUT2D eigenvalue weighted by Crippen LogP contribution is -2.48. The first-order valence-corrected chi connectivity index (χ1v) is 12.6. The van der Waals surface area contributed by atoms with Gasteiger partial charge in [0.25, 0.3) is 0 Å². The van der Waals surface area contributed by atoms with Crippen LogP contribution in [0.15, 0.2) is 12.1 Å². The molecule has 35 heavy (non-hydrogen) atoms. The number of aromatic nitrogens is 3. The van der Waals surface area contributed by atoms with Crippen LogP contribution in [0.4, 0.5) is 18.0 Å². The van der Waals surface area contributed by atoms with E-state index in [0.717, 1.165) is 23.5 Å². The quantitative estimate of drug-likeness (QED) is 0.471. The Bertz CT molecular complexity index is 1080. The number of carbonyl (C=O) groups excluding carboxylic acids is 1. The van der Waals surface area contributed by atoms with Crippen LogP contribution in [0.25, 0.3) is 5.65 Å². The molecule has 1 saturated heterocycles. The number of aryl methyl sites for hydroxylation is 1. The van der Waals surface area contributed by atoms with E-state index < -0.39 is 17.7 Å². The first-order valence-electron chi connectivity index (χ1n) is 12.6. The van der Waals surface area contributed by atoms with Crippen molar-refractivity contribution in [2.75, 3.05) is 13.1 Å². The number of amides is 1. The van der Waals surface area contributed by atoms with Crippen molar-refractivity contribution in [1.82, 2.24) is 19.5 Å². The number of piperidine rings is 1. The van der Waals surface area contributed by atoms with Crippen molar-refractivity contribution in [2.24, 2.45) is 11.3 Å². The molecule has 0 bridgehead atoms. The molecule has 2 fully saturated rings. The average molecular weight is 495 g/mol. The number of hydrogen-bond donors (Lipinski definition) is 0. The van der Waals surface area contributed by atoms with Crippen molar-refractivity contribution in [2.45, 2.75) is 97.3 Å². The molecule has 0 aromatic carbocycles. The number of ether oxygens (including phenoxy) is 1. The summed E-state index contributed by atoms with van der Waals surface area (Å²) >= 11 is 0. The van der Waals surface area contributed by atoms with Gasteiger partial charge in [-0.3, -0.25) is 0 Å². The lowest BCUT2D eigenvalue weighted by Gasteiger charge is -2.44. The fraction of sp³-hybridized carbons (Fsp3) is 0.731. The zero-order valence-corrected chi connectivity index (χ0v) is 21.6. The SMILES string of the molecule is Cc1cc(C2CN(C(=O)OC(C)(C)C)CCC2(C)C)n2nc([C@H]3CC[C@H](C(F)(F)F)CC3)cc2n1. The highest BCUT2D eigenvalue weighted by molar-refractivity contribution is 5.68. The fourth-order valence-electron chi connectivity index (χ4n) is 5.45. The molecular weight excluding hydrogens is 457 g/mol. The number of alkyl halides is 3. The Morgan fingerprint density at radius 3 is 2.37 bits per heavy atom. The second-order valence-electron chi connectivity index (χ2n) is 12.0. The lowest BCUT2D eigenvalue weighted by molar-refractivity contribution is -0.182. The molecule has 0 spiro atoms. The standard InChI is InChI=1S/C26H37F3N4O2/c1-16-13-21(19-15-32(12-11-25(19,5)6)23(34)35-24(2,3)4)33-22(30-16)14-20(31-33)17-7-9-18(10-8-17)26(27,28)29/h13-14,17-19H,7-12,15H2,1-6H3/t17-,18-,19?. The minimum Gasteiger partial charge on any atom is -0.444 e. The van der Waals surface area contributed by atoms with Crippen molar-refractivity contribution in [1.29, 1.82) is 0 Å². The molecule has 1 aliphatic carbocycles. The van der Waals surface area contributed by atoms with Gasteiger partial charge >= 0.3 is 12.3 Å². The Hall–Kier alpha value is -2.32. The van der Waals surface area contributed by atoms with Crippen molar-refractivity contribution < 1.29 is 22.7 Å². The summed E-state index contributed by atoms with van der Waals surface area (Å²) < 4.78 is 46.9. The summed E-state index contributed by atoms with van der Waals surface area (Å²) in [6, 6.07) is 3.95. The second kappa shape index (κ2) is 8.96. The Balaban J connectivity index is 1.63. The second-order valence-corrected chi connectivity index (χ2v) is 12.0. The van der Waals surface area contributed by atoms with Gasteiger partial charge in [-0.25, -0.2) is 14.3 Å². The summed E-state index contributed by atoms with van der Waals surface area (Å²) in [5.74, 6) is -1.21. The zero-order valence-electron chi connectivity index (χ0n) is 21.6. The first-order chi connectivity index (χ1) is 16.1. The Morgan fingerprint density at radius 2 is 1.77 bits per heavy atom. The largest absolute Gasteiger partial charge is 0.444 e. The van der Waals surface area contributed by atoms with Gasteiger partial charge in [0.05, 0.1) is 17.3 Å². The van der Waals surface area contributed by atoms with Gasteiger partial charge in [0.1, 0.15) is 5.60 Å². The van der Waals surface area contributed by atoms with Gasteiger partial charge in [-0.15, -0.1) is 0 Å². The van der Waals surface area contributed by atoms with E-state index >= 15 is 0 Å². The van der Waals surface area contributed by atoms with Crippen LogP contribution in [0.2, 0.25) is 0 Å². The molecule has 1 amide bonds. The van der Waals surface area contributed by atoms with Gasteiger partial charge in [0.15, 0.2) is 5.65 Å². The molecular formula is C26H37F3N4O2. The number of fused-ring (bicyclic) bond motifs is 1. The highest BCUT2D eigenvalue weighted by Gasteiger charge is 2.43. The van der Waals surface area contributed by atoms with Gasteiger partial charge in [-0.2, -0.15) is 18.3 Å². The third-order valence-corrected chi connectivity index (χ3v) is 7.59. The van der Waals surface area contributed by atoms with Gasteiger partial charge in [0, 0.05) is 36.7 Å². The first kappa shape index (κ1) is 25.8. The van der Waals surface area contributed by atoms with E-state index in [9.17, 15) is 18.0 Å². The predicted octanol–water partition coefficient (Wildman–Crippen LogP) is 6.62. The van der Waals surface area contributed by atoms with E-state index in [4.69, 9.17) is 9.84 Å². The third-order valence-electron chi connectivity index (χ3n) is 7.59. The van der Waals surface area contributed by atoms with Gasteiger partial charge in [-0.1, -0.05) is 13.8 Å².